The Balaban J connectivity index is 1.44. The maximum Gasteiger partial charge on any atom is 0.283 e. The van der Waals surface area contributed by atoms with Crippen molar-refractivity contribution in [1.82, 2.24) is 13.5 Å². The van der Waals surface area contributed by atoms with Gasteiger partial charge in [-0.05, 0) is 62.1 Å². The molecule has 0 radical (unpaired) electrons. The van der Waals surface area contributed by atoms with Gasteiger partial charge >= 0.3 is 0 Å². The van der Waals surface area contributed by atoms with Gasteiger partial charge in [0.15, 0.2) is 0 Å². The topological polar surface area (TPSA) is 105 Å². The quantitative estimate of drug-likeness (QED) is 0.489. The number of aromatic nitrogens is 2. The largest absolute Gasteiger partial charge is 0.382 e. The molecule has 5 rings (SSSR count). The summed E-state index contributed by atoms with van der Waals surface area (Å²) in [4.78, 5) is 1.60. The Labute approximate surface area is 221 Å². The number of sulfonamides is 1. The lowest BCUT2D eigenvalue weighted by atomic mass is 9.91. The summed E-state index contributed by atoms with van der Waals surface area (Å²) in [5.74, 6) is -1.31. The number of para-hydroxylation sites is 1. The van der Waals surface area contributed by atoms with Crippen molar-refractivity contribution < 1.29 is 25.6 Å². The van der Waals surface area contributed by atoms with Crippen LogP contribution < -0.4 is 10.2 Å². The zero-order valence-corrected chi connectivity index (χ0v) is 22.7. The summed E-state index contributed by atoms with van der Waals surface area (Å²) in [6.45, 7) is 1.49. The molecule has 2 aliphatic heterocycles. The Morgan fingerprint density at radius 2 is 1.55 bits per heavy atom. The highest BCUT2D eigenvalue weighted by Crippen LogP contribution is 2.39. The van der Waals surface area contributed by atoms with Crippen LogP contribution in [0.4, 0.5) is 20.2 Å². The second-order valence-corrected chi connectivity index (χ2v) is 13.6. The van der Waals surface area contributed by atoms with Crippen LogP contribution in [0.1, 0.15) is 36.6 Å². The van der Waals surface area contributed by atoms with Crippen LogP contribution in [0.2, 0.25) is 0 Å². The van der Waals surface area contributed by atoms with E-state index in [-0.39, 0.29) is 21.4 Å². The van der Waals surface area contributed by atoms with Crippen LogP contribution in [0.15, 0.2) is 52.3 Å². The molecular formula is C25H29F2N5O4S2. The van der Waals surface area contributed by atoms with Crippen molar-refractivity contribution in [2.45, 2.75) is 41.4 Å². The second kappa shape index (κ2) is 9.93. The van der Waals surface area contributed by atoms with Gasteiger partial charge in [-0.25, -0.2) is 21.5 Å². The number of halogens is 2. The molecule has 1 N–H and O–H groups in total. The van der Waals surface area contributed by atoms with Crippen molar-refractivity contribution in [3.05, 3.63) is 65.5 Å². The first kappa shape index (κ1) is 26.6. The molecule has 1 fully saturated rings. The standard InChI is InChI=1S/C25H29F2N5O4S2/c1-30(2)37(33,34)18-8-10-19(11-9-18)38(35,36)32-22-7-4-14-28-24(22)23(29-32)17-12-15-31(16-13-17)25-20(26)5-3-6-21(25)27/h3,5-6,8-11,17,28H,4,7,12-16H2,1-2H3. The molecule has 1 saturated heterocycles. The minimum absolute atomic E-state index is 0.00986. The van der Waals surface area contributed by atoms with Gasteiger partial charge in [-0.15, -0.1) is 0 Å². The predicted molar refractivity (Wildman–Crippen MR) is 139 cm³/mol. The van der Waals surface area contributed by atoms with Gasteiger partial charge in [0.1, 0.15) is 17.3 Å². The molecule has 2 aromatic carbocycles. The zero-order valence-electron chi connectivity index (χ0n) is 21.1. The number of nitrogens with one attached hydrogen (secondary N) is 1. The summed E-state index contributed by atoms with van der Waals surface area (Å²) in [5.41, 5.74) is 1.84. The number of benzene rings is 2. The lowest BCUT2D eigenvalue weighted by molar-refractivity contribution is 0.478. The van der Waals surface area contributed by atoms with Gasteiger partial charge in [-0.1, -0.05) is 6.07 Å². The highest BCUT2D eigenvalue weighted by molar-refractivity contribution is 7.90. The van der Waals surface area contributed by atoms with E-state index in [4.69, 9.17) is 0 Å². The van der Waals surface area contributed by atoms with E-state index in [0.717, 1.165) is 14.8 Å². The van der Waals surface area contributed by atoms with Crippen molar-refractivity contribution in [3.63, 3.8) is 0 Å². The highest BCUT2D eigenvalue weighted by atomic mass is 32.2. The van der Waals surface area contributed by atoms with Crippen molar-refractivity contribution in [1.29, 1.82) is 0 Å². The van der Waals surface area contributed by atoms with E-state index in [9.17, 15) is 25.6 Å². The van der Waals surface area contributed by atoms with Gasteiger partial charge in [0.2, 0.25) is 10.0 Å². The van der Waals surface area contributed by atoms with Crippen LogP contribution in [-0.2, 0) is 26.5 Å². The summed E-state index contributed by atoms with van der Waals surface area (Å²) in [6, 6.07) is 8.90. The molecule has 0 spiro atoms. The summed E-state index contributed by atoms with van der Waals surface area (Å²) in [7, 11) is -4.99. The Hall–Kier alpha value is -3.03. The Bertz CT molecular complexity index is 1540. The van der Waals surface area contributed by atoms with Gasteiger partial charge in [-0.2, -0.15) is 17.6 Å². The molecule has 3 heterocycles. The lowest BCUT2D eigenvalue weighted by Crippen LogP contribution is -2.34. The number of hydrogen-bond donors (Lipinski definition) is 1. The van der Waals surface area contributed by atoms with Crippen molar-refractivity contribution in [3.8, 4) is 0 Å². The second-order valence-electron chi connectivity index (χ2n) is 9.68. The summed E-state index contributed by atoms with van der Waals surface area (Å²) >= 11 is 0. The fourth-order valence-corrected chi connectivity index (χ4v) is 7.33. The molecule has 9 nitrogen and oxygen atoms in total. The molecule has 3 aromatic rings. The molecular weight excluding hydrogens is 536 g/mol. The van der Waals surface area contributed by atoms with Gasteiger partial charge in [0, 0.05) is 39.6 Å². The molecule has 0 aliphatic carbocycles. The van der Waals surface area contributed by atoms with E-state index in [1.54, 1.807) is 4.90 Å². The third-order valence-electron chi connectivity index (χ3n) is 7.13. The lowest BCUT2D eigenvalue weighted by Gasteiger charge is -2.33. The molecule has 2 aliphatic rings. The number of anilines is 2. The number of piperidine rings is 1. The molecule has 0 bridgehead atoms. The minimum Gasteiger partial charge on any atom is -0.382 e. The first-order chi connectivity index (χ1) is 18.0. The first-order valence-electron chi connectivity index (χ1n) is 12.3. The van der Waals surface area contributed by atoms with Crippen LogP contribution in [0.5, 0.6) is 0 Å². The van der Waals surface area contributed by atoms with E-state index in [1.165, 1.54) is 56.6 Å². The van der Waals surface area contributed by atoms with Crippen molar-refractivity contribution >= 4 is 31.4 Å². The SMILES string of the molecule is CN(C)S(=O)(=O)c1ccc(S(=O)(=O)n2nc(C3CCN(c4c(F)cccc4F)CC3)c3c2CCCN3)cc1. The fourth-order valence-electron chi connectivity index (χ4n) is 5.08. The molecule has 0 saturated carbocycles. The third-order valence-corrected chi connectivity index (χ3v) is 10.6. The van der Waals surface area contributed by atoms with Crippen LogP contribution in [0, 0.1) is 11.6 Å². The van der Waals surface area contributed by atoms with Gasteiger partial charge in [0.05, 0.1) is 26.9 Å². The number of fused-ring (bicyclic) bond motifs is 1. The van der Waals surface area contributed by atoms with Crippen LogP contribution in [0.3, 0.4) is 0 Å². The Morgan fingerprint density at radius 1 is 0.947 bits per heavy atom. The van der Waals surface area contributed by atoms with Crippen molar-refractivity contribution in [2.75, 3.05) is 43.9 Å². The average Bonchev–Trinajstić information content (AvgIpc) is 3.30. The van der Waals surface area contributed by atoms with Crippen LogP contribution in [-0.4, -0.2) is 64.1 Å². The van der Waals surface area contributed by atoms with Crippen molar-refractivity contribution in [2.24, 2.45) is 0 Å². The molecule has 0 amide bonds. The van der Waals surface area contributed by atoms with E-state index < -0.39 is 31.7 Å². The number of nitrogens with zero attached hydrogens (tertiary/aromatic N) is 4. The summed E-state index contributed by atoms with van der Waals surface area (Å²) in [6.07, 6.45) is 2.35. The van der Waals surface area contributed by atoms with E-state index in [0.29, 0.717) is 56.0 Å². The molecule has 204 valence electrons. The Kier molecular flexibility index (Phi) is 6.95. The normalized spacial score (nSPS) is 16.9. The van der Waals surface area contributed by atoms with Gasteiger partial charge < -0.3 is 10.2 Å². The predicted octanol–water partition coefficient (Wildman–Crippen LogP) is 3.39. The summed E-state index contributed by atoms with van der Waals surface area (Å²) < 4.78 is 82.7. The van der Waals surface area contributed by atoms with Gasteiger partial charge in [-0.3, -0.25) is 0 Å². The third kappa shape index (κ3) is 4.56. The first-order valence-corrected chi connectivity index (χ1v) is 15.2. The maximum atomic E-state index is 14.3. The molecule has 38 heavy (non-hydrogen) atoms. The molecule has 1 aromatic heterocycles. The van der Waals surface area contributed by atoms with Crippen LogP contribution >= 0.6 is 0 Å². The van der Waals surface area contributed by atoms with Gasteiger partial charge in [0.25, 0.3) is 10.0 Å². The Morgan fingerprint density at radius 3 is 2.16 bits per heavy atom. The van der Waals surface area contributed by atoms with Crippen LogP contribution in [0.25, 0.3) is 0 Å². The zero-order chi connectivity index (χ0) is 27.2. The number of rotatable bonds is 6. The number of hydrogen-bond acceptors (Lipinski definition) is 7. The summed E-state index contributed by atoms with van der Waals surface area (Å²) in [5, 5.41) is 7.88. The maximum absolute atomic E-state index is 14.3. The van der Waals surface area contributed by atoms with E-state index in [2.05, 4.69) is 10.4 Å². The minimum atomic E-state index is -4.10. The monoisotopic (exact) mass is 565 g/mol. The fraction of sp³-hybridized carbons (Fsp3) is 0.400. The van der Waals surface area contributed by atoms with E-state index >= 15 is 0 Å². The van der Waals surface area contributed by atoms with E-state index in [1.807, 2.05) is 0 Å². The average molecular weight is 566 g/mol. The highest BCUT2D eigenvalue weighted by Gasteiger charge is 2.34. The smallest absolute Gasteiger partial charge is 0.283 e. The molecule has 0 atom stereocenters. The molecule has 0 unspecified atom stereocenters. The molecule has 13 heteroatoms.